The number of imidazole rings is 1. The number of nitrogens with zero attached hydrogens (tertiary/aromatic N) is 5. The Balaban J connectivity index is 1.44. The summed E-state index contributed by atoms with van der Waals surface area (Å²) >= 11 is 11.8. The first-order valence-electron chi connectivity index (χ1n) is 9.60. The van der Waals surface area contributed by atoms with Crippen LogP contribution in [0.2, 0.25) is 10.0 Å². The standard InChI is InChI=1S/C19H17Cl2F2N7O2/c20-11-5-13(24-6-12(11)21)18(31)27-10-3-4-29(9-10)17-2-1-16-25-7-14(30(16)28-17)19(32)26-8-15(22)23/h1-2,5-7,10,15H,3-4,8-9H2,(H,26,32)(H,27,31)/t10-/m0/s1. The molecule has 32 heavy (non-hydrogen) atoms. The molecule has 0 spiro atoms. The van der Waals surface area contributed by atoms with E-state index in [1.807, 2.05) is 4.90 Å². The maximum Gasteiger partial charge on any atom is 0.271 e. The van der Waals surface area contributed by atoms with Crippen LogP contribution in [0.3, 0.4) is 0 Å². The quantitative estimate of drug-likeness (QED) is 0.557. The zero-order valence-electron chi connectivity index (χ0n) is 16.4. The molecular formula is C19H17Cl2F2N7O2. The Morgan fingerprint density at radius 2 is 1.97 bits per heavy atom. The van der Waals surface area contributed by atoms with E-state index in [9.17, 15) is 18.4 Å². The second-order valence-corrected chi connectivity index (χ2v) is 7.91. The van der Waals surface area contributed by atoms with Gasteiger partial charge < -0.3 is 15.5 Å². The number of nitrogens with one attached hydrogen (secondary N) is 2. The van der Waals surface area contributed by atoms with Gasteiger partial charge in [-0.2, -0.15) is 0 Å². The van der Waals surface area contributed by atoms with Crippen molar-refractivity contribution in [2.45, 2.75) is 18.9 Å². The molecule has 9 nitrogen and oxygen atoms in total. The van der Waals surface area contributed by atoms with Crippen molar-refractivity contribution in [1.82, 2.24) is 30.2 Å². The van der Waals surface area contributed by atoms with E-state index in [-0.39, 0.29) is 33.4 Å². The lowest BCUT2D eigenvalue weighted by Gasteiger charge is -2.18. The topological polar surface area (TPSA) is 105 Å². The van der Waals surface area contributed by atoms with Crippen molar-refractivity contribution in [2.75, 3.05) is 24.5 Å². The molecule has 0 bridgehead atoms. The summed E-state index contributed by atoms with van der Waals surface area (Å²) in [7, 11) is 0. The summed E-state index contributed by atoms with van der Waals surface area (Å²) in [5.74, 6) is -0.502. The van der Waals surface area contributed by atoms with Crippen molar-refractivity contribution >= 4 is 46.5 Å². The number of halogens is 4. The Kier molecular flexibility index (Phi) is 6.38. The molecule has 0 aromatic carbocycles. The summed E-state index contributed by atoms with van der Waals surface area (Å²) in [6.45, 7) is 0.333. The van der Waals surface area contributed by atoms with E-state index in [1.54, 1.807) is 12.1 Å². The lowest BCUT2D eigenvalue weighted by atomic mass is 10.2. The van der Waals surface area contributed by atoms with Crippen molar-refractivity contribution in [3.8, 4) is 0 Å². The van der Waals surface area contributed by atoms with Gasteiger partial charge in [0.2, 0.25) is 0 Å². The first-order valence-corrected chi connectivity index (χ1v) is 10.4. The average molecular weight is 484 g/mol. The van der Waals surface area contributed by atoms with Crippen LogP contribution in [0.15, 0.2) is 30.6 Å². The Morgan fingerprint density at radius 3 is 2.72 bits per heavy atom. The van der Waals surface area contributed by atoms with Crippen molar-refractivity contribution in [3.05, 3.63) is 52.0 Å². The van der Waals surface area contributed by atoms with Crippen LogP contribution in [0.25, 0.3) is 5.65 Å². The number of pyridine rings is 1. The maximum atomic E-state index is 12.5. The number of hydrogen-bond donors (Lipinski definition) is 2. The third-order valence-corrected chi connectivity index (χ3v) is 5.60. The molecule has 3 aromatic heterocycles. The van der Waals surface area contributed by atoms with Crippen LogP contribution < -0.4 is 15.5 Å². The molecule has 1 atom stereocenters. The molecule has 13 heteroatoms. The Morgan fingerprint density at radius 1 is 1.16 bits per heavy atom. The maximum absolute atomic E-state index is 12.5. The number of anilines is 1. The number of carbonyl (C=O) groups excluding carboxylic acids is 2. The molecule has 2 amide bonds. The van der Waals surface area contributed by atoms with Gasteiger partial charge in [0, 0.05) is 25.3 Å². The number of rotatable bonds is 6. The highest BCUT2D eigenvalue weighted by Crippen LogP contribution is 2.22. The predicted molar refractivity (Wildman–Crippen MR) is 114 cm³/mol. The molecule has 3 aromatic rings. The van der Waals surface area contributed by atoms with E-state index in [0.717, 1.165) is 0 Å². The van der Waals surface area contributed by atoms with E-state index >= 15 is 0 Å². The van der Waals surface area contributed by atoms with E-state index < -0.39 is 18.9 Å². The molecule has 4 rings (SSSR count). The highest BCUT2D eigenvalue weighted by Gasteiger charge is 2.26. The number of hydrogen-bond acceptors (Lipinski definition) is 6. The zero-order valence-corrected chi connectivity index (χ0v) is 17.9. The molecule has 0 radical (unpaired) electrons. The summed E-state index contributed by atoms with van der Waals surface area (Å²) in [4.78, 5) is 34.6. The second-order valence-electron chi connectivity index (χ2n) is 7.09. The minimum absolute atomic E-state index is 0.0530. The van der Waals surface area contributed by atoms with Crippen LogP contribution in [0.1, 0.15) is 27.4 Å². The zero-order chi connectivity index (χ0) is 22.8. The van der Waals surface area contributed by atoms with Crippen LogP contribution in [-0.4, -0.2) is 63.5 Å². The molecular weight excluding hydrogens is 467 g/mol. The van der Waals surface area contributed by atoms with Crippen LogP contribution >= 0.6 is 23.2 Å². The van der Waals surface area contributed by atoms with E-state index in [0.29, 0.717) is 31.0 Å². The number of fused-ring (bicyclic) bond motifs is 1. The highest BCUT2D eigenvalue weighted by molar-refractivity contribution is 6.42. The largest absolute Gasteiger partial charge is 0.353 e. The summed E-state index contributed by atoms with van der Waals surface area (Å²) in [6.07, 6.45) is 0.610. The Hall–Kier alpha value is -3.05. The molecule has 168 valence electrons. The predicted octanol–water partition coefficient (Wildman–Crippen LogP) is 2.43. The summed E-state index contributed by atoms with van der Waals surface area (Å²) in [5.41, 5.74) is 0.623. The lowest BCUT2D eigenvalue weighted by molar-refractivity contribution is 0.0884. The van der Waals surface area contributed by atoms with Crippen molar-refractivity contribution in [3.63, 3.8) is 0 Å². The van der Waals surface area contributed by atoms with Gasteiger partial charge in [-0.3, -0.25) is 9.59 Å². The molecule has 0 unspecified atom stereocenters. The minimum Gasteiger partial charge on any atom is -0.353 e. The molecule has 1 aliphatic rings. The smallest absolute Gasteiger partial charge is 0.271 e. The summed E-state index contributed by atoms with van der Waals surface area (Å²) < 4.78 is 26.1. The molecule has 0 saturated carbocycles. The van der Waals surface area contributed by atoms with Gasteiger partial charge in [0.1, 0.15) is 11.5 Å². The number of carbonyl (C=O) groups is 2. The van der Waals surface area contributed by atoms with Crippen LogP contribution in [0.5, 0.6) is 0 Å². The molecule has 0 aliphatic carbocycles. The average Bonchev–Trinajstić information content (AvgIpc) is 3.40. The molecule has 4 heterocycles. The third-order valence-electron chi connectivity index (χ3n) is 4.89. The van der Waals surface area contributed by atoms with Gasteiger partial charge in [-0.15, -0.1) is 5.10 Å². The summed E-state index contributed by atoms with van der Waals surface area (Å²) in [6, 6.07) is 4.67. The normalized spacial score (nSPS) is 16.0. The van der Waals surface area contributed by atoms with Crippen molar-refractivity contribution in [1.29, 1.82) is 0 Å². The van der Waals surface area contributed by atoms with Crippen LogP contribution in [0.4, 0.5) is 14.6 Å². The fourth-order valence-electron chi connectivity index (χ4n) is 3.33. The van der Waals surface area contributed by atoms with Crippen LogP contribution in [-0.2, 0) is 0 Å². The fourth-order valence-corrected chi connectivity index (χ4v) is 3.59. The Bertz CT molecular complexity index is 1170. The van der Waals surface area contributed by atoms with Crippen molar-refractivity contribution in [2.24, 2.45) is 0 Å². The second kappa shape index (κ2) is 9.21. The van der Waals surface area contributed by atoms with Gasteiger partial charge in [0.15, 0.2) is 11.3 Å². The number of amides is 2. The monoisotopic (exact) mass is 483 g/mol. The van der Waals surface area contributed by atoms with Crippen molar-refractivity contribution < 1.29 is 18.4 Å². The minimum atomic E-state index is -2.66. The SMILES string of the molecule is O=C(N[C@H]1CCN(c2ccc3ncc(C(=O)NCC(F)F)n3n2)C1)c1cc(Cl)c(Cl)cn1. The Labute approximate surface area is 190 Å². The van der Waals surface area contributed by atoms with Gasteiger partial charge in [-0.25, -0.2) is 23.3 Å². The van der Waals surface area contributed by atoms with Gasteiger partial charge in [-0.05, 0) is 24.6 Å². The number of aromatic nitrogens is 4. The molecule has 1 aliphatic heterocycles. The fraction of sp³-hybridized carbons (Fsp3) is 0.316. The third kappa shape index (κ3) is 4.73. The molecule has 1 saturated heterocycles. The number of alkyl halides is 2. The van der Waals surface area contributed by atoms with Crippen LogP contribution in [0, 0.1) is 0 Å². The van der Waals surface area contributed by atoms with Gasteiger partial charge in [0.05, 0.1) is 22.8 Å². The molecule has 2 N–H and O–H groups in total. The molecule has 1 fully saturated rings. The van der Waals surface area contributed by atoms with Gasteiger partial charge in [0.25, 0.3) is 18.2 Å². The van der Waals surface area contributed by atoms with E-state index in [4.69, 9.17) is 23.2 Å². The van der Waals surface area contributed by atoms with Gasteiger partial charge >= 0.3 is 0 Å². The van der Waals surface area contributed by atoms with Gasteiger partial charge in [-0.1, -0.05) is 23.2 Å². The highest BCUT2D eigenvalue weighted by atomic mass is 35.5. The van der Waals surface area contributed by atoms with E-state index in [1.165, 1.54) is 23.0 Å². The first-order chi connectivity index (χ1) is 15.3. The van der Waals surface area contributed by atoms with E-state index in [2.05, 4.69) is 25.7 Å². The lowest BCUT2D eigenvalue weighted by Crippen LogP contribution is -2.37. The summed E-state index contributed by atoms with van der Waals surface area (Å²) in [5, 5.41) is 9.98. The first kappa shape index (κ1) is 22.2.